The summed E-state index contributed by atoms with van der Waals surface area (Å²) in [5.74, 6) is 0.551. The van der Waals surface area contributed by atoms with Gasteiger partial charge in [0.25, 0.3) is 0 Å². The fourth-order valence-corrected chi connectivity index (χ4v) is 2.02. The zero-order valence-corrected chi connectivity index (χ0v) is 12.5. The lowest BCUT2D eigenvalue weighted by Gasteiger charge is -2.07. The quantitative estimate of drug-likeness (QED) is 0.749. The van der Waals surface area contributed by atoms with Crippen LogP contribution in [0.15, 0.2) is 59.8 Å². The number of hydrogen-bond donors (Lipinski definition) is 1. The minimum absolute atomic E-state index is 0.134. The van der Waals surface area contributed by atoms with Crippen LogP contribution in [0.4, 0.5) is 10.3 Å². The summed E-state index contributed by atoms with van der Waals surface area (Å²) in [6.07, 6.45) is 3.27. The first-order valence-corrected chi connectivity index (χ1v) is 7.00. The van der Waals surface area contributed by atoms with Crippen molar-refractivity contribution < 1.29 is 9.13 Å². The van der Waals surface area contributed by atoms with Crippen LogP contribution in [0.3, 0.4) is 0 Å². The van der Waals surface area contributed by atoms with Crippen LogP contribution in [-0.4, -0.2) is 15.9 Å². The highest BCUT2D eigenvalue weighted by Crippen LogP contribution is 2.24. The number of rotatable bonds is 4. The van der Waals surface area contributed by atoms with Gasteiger partial charge in [0.1, 0.15) is 5.75 Å². The number of nitrogens with zero attached hydrogens (tertiary/aromatic N) is 3. The number of anilines is 1. The average molecular weight is 310 g/mol. The Morgan fingerprint density at radius 3 is 2.70 bits per heavy atom. The summed E-state index contributed by atoms with van der Waals surface area (Å²) in [4.78, 5) is 4.05. The standard InChI is InChI=1S/C17H15FN4O/c1-12-11-22(17(19)21-12)20-10-13-7-8-15(18)16(9-13)23-14-5-3-2-4-6-14/h2-11H,1H3,(H2,19,21). The van der Waals surface area contributed by atoms with Gasteiger partial charge in [0, 0.05) is 0 Å². The van der Waals surface area contributed by atoms with Gasteiger partial charge in [-0.25, -0.2) is 14.1 Å². The summed E-state index contributed by atoms with van der Waals surface area (Å²) < 4.78 is 20.9. The summed E-state index contributed by atoms with van der Waals surface area (Å²) in [7, 11) is 0. The van der Waals surface area contributed by atoms with Crippen molar-refractivity contribution >= 4 is 12.2 Å². The van der Waals surface area contributed by atoms with E-state index in [1.807, 2.05) is 25.1 Å². The van der Waals surface area contributed by atoms with Gasteiger partial charge in [-0.3, -0.25) is 0 Å². The number of imidazole rings is 1. The molecule has 0 spiro atoms. The van der Waals surface area contributed by atoms with Crippen molar-refractivity contribution in [2.24, 2.45) is 5.10 Å². The molecule has 1 heterocycles. The molecule has 0 fully saturated rings. The number of benzene rings is 2. The molecule has 0 amide bonds. The number of ether oxygens (including phenoxy) is 1. The lowest BCUT2D eigenvalue weighted by atomic mass is 10.2. The molecule has 2 aromatic carbocycles. The van der Waals surface area contributed by atoms with E-state index in [2.05, 4.69) is 10.1 Å². The van der Waals surface area contributed by atoms with Crippen LogP contribution in [0.1, 0.15) is 11.3 Å². The highest BCUT2D eigenvalue weighted by molar-refractivity contribution is 5.80. The zero-order chi connectivity index (χ0) is 16.2. The normalized spacial score (nSPS) is 11.0. The first kappa shape index (κ1) is 14.8. The maximum Gasteiger partial charge on any atom is 0.221 e. The van der Waals surface area contributed by atoms with E-state index in [4.69, 9.17) is 10.5 Å². The maximum atomic E-state index is 13.9. The Morgan fingerprint density at radius 2 is 2.00 bits per heavy atom. The molecule has 0 saturated carbocycles. The van der Waals surface area contributed by atoms with E-state index in [0.29, 0.717) is 17.3 Å². The van der Waals surface area contributed by atoms with Gasteiger partial charge >= 0.3 is 0 Å². The van der Waals surface area contributed by atoms with Gasteiger partial charge in [-0.1, -0.05) is 24.3 Å². The van der Waals surface area contributed by atoms with Crippen molar-refractivity contribution in [3.8, 4) is 11.5 Å². The topological polar surface area (TPSA) is 65.4 Å². The third-order valence-electron chi connectivity index (χ3n) is 3.09. The minimum atomic E-state index is -0.441. The monoisotopic (exact) mass is 310 g/mol. The van der Waals surface area contributed by atoms with Gasteiger partial charge in [-0.2, -0.15) is 5.10 Å². The van der Waals surface area contributed by atoms with Crippen molar-refractivity contribution in [1.29, 1.82) is 0 Å². The lowest BCUT2D eigenvalue weighted by Crippen LogP contribution is -1.97. The molecule has 0 aliphatic heterocycles. The highest BCUT2D eigenvalue weighted by atomic mass is 19.1. The molecule has 6 heteroatoms. The SMILES string of the molecule is Cc1cn(N=Cc2ccc(F)c(Oc3ccccc3)c2)c(N)n1. The second-order valence-electron chi connectivity index (χ2n) is 4.93. The Balaban J connectivity index is 1.84. The van der Waals surface area contributed by atoms with E-state index >= 15 is 0 Å². The second kappa shape index (κ2) is 6.31. The van der Waals surface area contributed by atoms with E-state index in [1.54, 1.807) is 36.7 Å². The van der Waals surface area contributed by atoms with Crippen LogP contribution in [-0.2, 0) is 0 Å². The molecule has 23 heavy (non-hydrogen) atoms. The number of nitrogen functional groups attached to an aromatic ring is 1. The highest BCUT2D eigenvalue weighted by Gasteiger charge is 2.06. The maximum absolute atomic E-state index is 13.9. The van der Waals surface area contributed by atoms with Crippen LogP contribution in [0.5, 0.6) is 11.5 Å². The molecule has 5 nitrogen and oxygen atoms in total. The summed E-state index contributed by atoms with van der Waals surface area (Å²) in [6.45, 7) is 1.83. The molecule has 0 radical (unpaired) electrons. The van der Waals surface area contributed by atoms with Crippen LogP contribution >= 0.6 is 0 Å². The van der Waals surface area contributed by atoms with Crippen LogP contribution in [0, 0.1) is 12.7 Å². The summed E-state index contributed by atoms with van der Waals surface area (Å²) >= 11 is 0. The van der Waals surface area contributed by atoms with Gasteiger partial charge in [-0.15, -0.1) is 0 Å². The molecule has 0 unspecified atom stereocenters. The van der Waals surface area contributed by atoms with Gasteiger partial charge in [0.2, 0.25) is 5.95 Å². The lowest BCUT2D eigenvalue weighted by molar-refractivity contribution is 0.442. The average Bonchev–Trinajstić information content (AvgIpc) is 2.87. The van der Waals surface area contributed by atoms with Crippen LogP contribution in [0.25, 0.3) is 0 Å². The molecular weight excluding hydrogens is 295 g/mol. The summed E-state index contributed by atoms with van der Waals surface area (Å²) in [6, 6.07) is 13.5. The Kier molecular flexibility index (Phi) is 4.05. The Morgan fingerprint density at radius 1 is 1.22 bits per heavy atom. The first-order chi connectivity index (χ1) is 11.1. The van der Waals surface area contributed by atoms with E-state index in [9.17, 15) is 4.39 Å². The number of halogens is 1. The van der Waals surface area contributed by atoms with Crippen molar-refractivity contribution in [3.63, 3.8) is 0 Å². The number of aromatic nitrogens is 2. The molecule has 116 valence electrons. The van der Waals surface area contributed by atoms with Crippen molar-refractivity contribution in [2.45, 2.75) is 6.92 Å². The van der Waals surface area contributed by atoms with E-state index in [0.717, 1.165) is 5.69 Å². The molecule has 1 aromatic heterocycles. The number of nitrogens with two attached hydrogens (primary N) is 1. The fraction of sp³-hybridized carbons (Fsp3) is 0.0588. The zero-order valence-electron chi connectivity index (χ0n) is 12.5. The molecule has 3 aromatic rings. The Hall–Kier alpha value is -3.15. The van der Waals surface area contributed by atoms with Crippen molar-refractivity contribution in [3.05, 3.63) is 71.8 Å². The largest absolute Gasteiger partial charge is 0.454 e. The van der Waals surface area contributed by atoms with E-state index in [-0.39, 0.29) is 5.75 Å². The Labute approximate surface area is 132 Å². The number of hydrogen-bond acceptors (Lipinski definition) is 4. The van der Waals surface area contributed by atoms with E-state index < -0.39 is 5.82 Å². The van der Waals surface area contributed by atoms with Crippen LogP contribution in [0.2, 0.25) is 0 Å². The molecule has 0 bridgehead atoms. The van der Waals surface area contributed by atoms with Gasteiger partial charge in [0.05, 0.1) is 18.1 Å². The molecule has 0 saturated heterocycles. The summed E-state index contributed by atoms with van der Waals surface area (Å²) in [5.41, 5.74) is 7.17. The molecule has 3 rings (SSSR count). The van der Waals surface area contributed by atoms with Gasteiger partial charge in [0.15, 0.2) is 11.6 Å². The fourth-order valence-electron chi connectivity index (χ4n) is 2.02. The summed E-state index contributed by atoms with van der Waals surface area (Å²) in [5, 5.41) is 4.20. The first-order valence-electron chi connectivity index (χ1n) is 7.00. The predicted molar refractivity (Wildman–Crippen MR) is 87.3 cm³/mol. The van der Waals surface area contributed by atoms with Crippen molar-refractivity contribution in [1.82, 2.24) is 9.66 Å². The number of aryl methyl sites for hydroxylation is 1. The van der Waals surface area contributed by atoms with Crippen molar-refractivity contribution in [2.75, 3.05) is 5.73 Å². The smallest absolute Gasteiger partial charge is 0.221 e. The van der Waals surface area contributed by atoms with E-state index in [1.165, 1.54) is 10.7 Å². The third-order valence-corrected chi connectivity index (χ3v) is 3.09. The molecular formula is C17H15FN4O. The van der Waals surface area contributed by atoms with Gasteiger partial charge < -0.3 is 10.5 Å². The Bertz CT molecular complexity index is 843. The third kappa shape index (κ3) is 3.55. The van der Waals surface area contributed by atoms with Gasteiger partial charge in [-0.05, 0) is 36.8 Å². The molecule has 0 aliphatic carbocycles. The number of para-hydroxylation sites is 1. The second-order valence-corrected chi connectivity index (χ2v) is 4.93. The molecule has 0 atom stereocenters. The minimum Gasteiger partial charge on any atom is -0.454 e. The molecule has 2 N–H and O–H groups in total. The predicted octanol–water partition coefficient (Wildman–Crippen LogP) is 3.59. The van der Waals surface area contributed by atoms with Crippen LogP contribution < -0.4 is 10.5 Å². The molecule has 0 aliphatic rings.